The molecule has 9 heteroatoms. The highest BCUT2D eigenvalue weighted by Gasteiger charge is 2.51. The van der Waals surface area contributed by atoms with Crippen molar-refractivity contribution in [3.8, 4) is 0 Å². The SMILES string of the molecule is CC(C)(C)OC(=O)N1C2CCC(C2)N1C(=O)O[C@@H]1CC[C@H](c2cc(N)n[nH]2)C1. The van der Waals surface area contributed by atoms with Crippen LogP contribution in [0, 0.1) is 0 Å². The molecule has 1 aromatic heterocycles. The minimum absolute atomic E-state index is 0.00891. The number of rotatable bonds is 2. The van der Waals surface area contributed by atoms with Crippen molar-refractivity contribution in [2.45, 2.75) is 89.0 Å². The second-order valence-corrected chi connectivity index (χ2v) is 9.05. The minimum atomic E-state index is -0.612. The lowest BCUT2D eigenvalue weighted by Crippen LogP contribution is -2.54. The van der Waals surface area contributed by atoms with Crippen LogP contribution in [0.1, 0.15) is 70.9 Å². The third-order valence-electron chi connectivity index (χ3n) is 5.78. The van der Waals surface area contributed by atoms with Crippen LogP contribution in [-0.2, 0) is 9.47 Å². The van der Waals surface area contributed by atoms with Gasteiger partial charge in [-0.2, -0.15) is 5.10 Å². The number of amides is 2. The highest BCUT2D eigenvalue weighted by Crippen LogP contribution is 2.40. The van der Waals surface area contributed by atoms with E-state index in [-0.39, 0.29) is 24.1 Å². The van der Waals surface area contributed by atoms with Gasteiger partial charge >= 0.3 is 12.2 Å². The number of aromatic nitrogens is 2. The third kappa shape index (κ3) is 3.62. The van der Waals surface area contributed by atoms with Crippen molar-refractivity contribution in [2.24, 2.45) is 0 Å². The average molecular weight is 391 g/mol. The standard InChI is InChI=1S/C19H29N5O4/c1-19(2,3)28-18(26)24-13-6-5-12(9-13)23(24)17(25)27-14-7-4-11(8-14)15-10-16(20)22-21-15/h10-14H,4-9H2,1-3H3,(H3,20,21,22)/t11-,12?,13?,14+/m0/s1. The van der Waals surface area contributed by atoms with E-state index in [4.69, 9.17) is 15.2 Å². The van der Waals surface area contributed by atoms with Crippen molar-refractivity contribution >= 4 is 18.0 Å². The fraction of sp³-hybridized carbons (Fsp3) is 0.737. The molecule has 0 radical (unpaired) electrons. The predicted octanol–water partition coefficient (Wildman–Crippen LogP) is 3.15. The quantitative estimate of drug-likeness (QED) is 0.800. The summed E-state index contributed by atoms with van der Waals surface area (Å²) in [6, 6.07) is 1.85. The fourth-order valence-electron chi connectivity index (χ4n) is 4.60. The highest BCUT2D eigenvalue weighted by molar-refractivity contribution is 5.76. The van der Waals surface area contributed by atoms with E-state index in [2.05, 4.69) is 10.2 Å². The van der Waals surface area contributed by atoms with Gasteiger partial charge < -0.3 is 15.2 Å². The van der Waals surface area contributed by atoms with E-state index < -0.39 is 17.8 Å². The molecule has 1 aliphatic heterocycles. The molecular formula is C19H29N5O4. The number of nitrogens with two attached hydrogens (primary N) is 1. The molecular weight excluding hydrogens is 362 g/mol. The molecule has 0 aromatic carbocycles. The van der Waals surface area contributed by atoms with Gasteiger partial charge in [0.2, 0.25) is 0 Å². The molecule has 3 fully saturated rings. The van der Waals surface area contributed by atoms with Crippen molar-refractivity contribution in [3.63, 3.8) is 0 Å². The van der Waals surface area contributed by atoms with Gasteiger partial charge in [0, 0.05) is 17.7 Å². The maximum absolute atomic E-state index is 12.9. The summed E-state index contributed by atoms with van der Waals surface area (Å²) in [6.45, 7) is 5.47. The van der Waals surface area contributed by atoms with Crippen LogP contribution in [0.4, 0.5) is 15.4 Å². The molecule has 1 aromatic rings. The summed E-state index contributed by atoms with van der Waals surface area (Å²) in [5.41, 5.74) is 6.05. The molecule has 2 aliphatic carbocycles. The fourth-order valence-corrected chi connectivity index (χ4v) is 4.60. The van der Waals surface area contributed by atoms with Crippen LogP contribution >= 0.6 is 0 Å². The maximum atomic E-state index is 12.9. The number of nitrogens with zero attached hydrogens (tertiary/aromatic N) is 3. The summed E-state index contributed by atoms with van der Waals surface area (Å²) in [5, 5.41) is 9.89. The van der Waals surface area contributed by atoms with Gasteiger partial charge in [0.05, 0.1) is 12.1 Å². The van der Waals surface area contributed by atoms with Crippen molar-refractivity contribution in [2.75, 3.05) is 5.73 Å². The summed E-state index contributed by atoms with van der Waals surface area (Å²) in [5.74, 6) is 0.719. The van der Waals surface area contributed by atoms with Crippen molar-refractivity contribution in [1.29, 1.82) is 0 Å². The Morgan fingerprint density at radius 2 is 1.79 bits per heavy atom. The van der Waals surface area contributed by atoms with Gasteiger partial charge in [-0.3, -0.25) is 5.10 Å². The first-order chi connectivity index (χ1) is 13.2. The molecule has 2 saturated carbocycles. The van der Waals surface area contributed by atoms with Crippen LogP contribution in [0.5, 0.6) is 0 Å². The Balaban J connectivity index is 1.40. The van der Waals surface area contributed by atoms with Crippen molar-refractivity contribution in [3.05, 3.63) is 11.8 Å². The number of hydrazine groups is 1. The van der Waals surface area contributed by atoms with Gasteiger partial charge in [-0.1, -0.05) is 0 Å². The molecule has 2 heterocycles. The summed E-state index contributed by atoms with van der Waals surface area (Å²) in [4.78, 5) is 25.6. The van der Waals surface area contributed by atoms with E-state index in [0.29, 0.717) is 5.82 Å². The monoisotopic (exact) mass is 391 g/mol. The van der Waals surface area contributed by atoms with Crippen LogP contribution in [0.3, 0.4) is 0 Å². The van der Waals surface area contributed by atoms with E-state index in [0.717, 1.165) is 44.2 Å². The number of H-pyrrole nitrogens is 1. The van der Waals surface area contributed by atoms with Gasteiger partial charge in [-0.15, -0.1) is 0 Å². The number of nitrogen functional groups attached to an aromatic ring is 1. The number of nitrogens with one attached hydrogen (secondary N) is 1. The number of carbonyl (C=O) groups is 2. The van der Waals surface area contributed by atoms with Crippen molar-refractivity contribution < 1.29 is 19.1 Å². The second kappa shape index (κ2) is 6.86. The number of ether oxygens (including phenoxy) is 2. The molecule has 154 valence electrons. The van der Waals surface area contributed by atoms with Gasteiger partial charge in [-0.25, -0.2) is 19.6 Å². The van der Waals surface area contributed by atoms with Gasteiger partial charge in [0.25, 0.3) is 0 Å². The maximum Gasteiger partial charge on any atom is 0.429 e. The molecule has 4 rings (SSSR count). The Morgan fingerprint density at radius 1 is 1.11 bits per heavy atom. The van der Waals surface area contributed by atoms with E-state index >= 15 is 0 Å². The summed E-state index contributed by atoms with van der Waals surface area (Å²) >= 11 is 0. The summed E-state index contributed by atoms with van der Waals surface area (Å²) in [7, 11) is 0. The second-order valence-electron chi connectivity index (χ2n) is 9.05. The summed E-state index contributed by atoms with van der Waals surface area (Å²) in [6.07, 6.45) is 3.87. The molecule has 28 heavy (non-hydrogen) atoms. The van der Waals surface area contributed by atoms with E-state index in [1.54, 1.807) is 0 Å². The lowest BCUT2D eigenvalue weighted by molar-refractivity contribution is -0.0666. The van der Waals surface area contributed by atoms with Crippen molar-refractivity contribution in [1.82, 2.24) is 20.2 Å². The van der Waals surface area contributed by atoms with Crippen LogP contribution < -0.4 is 5.73 Å². The Bertz CT molecular complexity index is 758. The van der Waals surface area contributed by atoms with E-state index in [9.17, 15) is 9.59 Å². The first kappa shape index (κ1) is 18.9. The van der Waals surface area contributed by atoms with Crippen LogP contribution in [0.25, 0.3) is 0 Å². The molecule has 3 aliphatic rings. The number of fused-ring (bicyclic) bond motifs is 2. The van der Waals surface area contributed by atoms with E-state index in [1.807, 2.05) is 26.8 Å². The first-order valence-electron chi connectivity index (χ1n) is 10.0. The zero-order chi connectivity index (χ0) is 20.1. The molecule has 2 bridgehead atoms. The van der Waals surface area contributed by atoms with Crippen LogP contribution in [0.2, 0.25) is 0 Å². The van der Waals surface area contributed by atoms with Crippen LogP contribution in [-0.4, -0.2) is 56.2 Å². The molecule has 2 unspecified atom stereocenters. The van der Waals surface area contributed by atoms with Gasteiger partial charge in [0.15, 0.2) is 0 Å². The Hall–Kier alpha value is -2.45. The molecule has 4 atom stereocenters. The Morgan fingerprint density at radius 3 is 2.39 bits per heavy atom. The highest BCUT2D eigenvalue weighted by atomic mass is 16.6. The Labute approximate surface area is 164 Å². The number of hydrogen-bond donors (Lipinski definition) is 2. The smallest absolute Gasteiger partial charge is 0.429 e. The van der Waals surface area contributed by atoms with E-state index in [1.165, 1.54) is 10.0 Å². The lowest BCUT2D eigenvalue weighted by atomic mass is 10.0. The first-order valence-corrected chi connectivity index (χ1v) is 10.0. The predicted molar refractivity (Wildman–Crippen MR) is 101 cm³/mol. The third-order valence-corrected chi connectivity index (χ3v) is 5.78. The number of hydrogen-bond acceptors (Lipinski definition) is 6. The van der Waals surface area contributed by atoms with Crippen LogP contribution in [0.15, 0.2) is 6.07 Å². The average Bonchev–Trinajstić information content (AvgIpc) is 3.35. The summed E-state index contributed by atoms with van der Waals surface area (Å²) < 4.78 is 11.3. The lowest BCUT2D eigenvalue weighted by Gasteiger charge is -2.38. The number of anilines is 1. The zero-order valence-electron chi connectivity index (χ0n) is 16.7. The molecule has 9 nitrogen and oxygen atoms in total. The normalized spacial score (nSPS) is 29.4. The Kier molecular flexibility index (Phi) is 4.63. The zero-order valence-corrected chi connectivity index (χ0v) is 16.7. The largest absolute Gasteiger partial charge is 0.445 e. The molecule has 0 spiro atoms. The topological polar surface area (TPSA) is 114 Å². The molecule has 1 saturated heterocycles. The minimum Gasteiger partial charge on any atom is -0.445 e. The molecule has 3 N–H and O–H groups in total. The molecule has 2 amide bonds. The number of carbonyl (C=O) groups excluding carboxylic acids is 2. The number of aromatic amines is 1. The van der Waals surface area contributed by atoms with Gasteiger partial charge in [-0.05, 0) is 59.3 Å². The van der Waals surface area contributed by atoms with Gasteiger partial charge in [0.1, 0.15) is 17.5 Å².